The monoisotopic (exact) mass is 766 g/mol. The number of allylic oxidation sites excluding steroid dienone is 4. The molecule has 0 saturated heterocycles. The van der Waals surface area contributed by atoms with Crippen LogP contribution in [0.2, 0.25) is 0 Å². The van der Waals surface area contributed by atoms with Gasteiger partial charge < -0.3 is 24.8 Å². The first-order chi connectivity index (χ1) is 21.9. The summed E-state index contributed by atoms with van der Waals surface area (Å²) in [4.78, 5) is 0. The van der Waals surface area contributed by atoms with Crippen LogP contribution in [0, 0.1) is 25.2 Å². The summed E-state index contributed by atoms with van der Waals surface area (Å²) < 4.78 is 3.74. The number of rotatable bonds is 4. The summed E-state index contributed by atoms with van der Waals surface area (Å²) in [5, 5.41) is 0. The molecule has 0 spiro atoms. The van der Waals surface area contributed by atoms with Crippen molar-refractivity contribution in [3.05, 3.63) is 150 Å². The van der Waals surface area contributed by atoms with Gasteiger partial charge in [0.1, 0.15) is 0 Å². The van der Waals surface area contributed by atoms with Crippen LogP contribution < -0.4 is 24.8 Å². The third-order valence-corrected chi connectivity index (χ3v) is 19.1. The van der Waals surface area contributed by atoms with Gasteiger partial charge in [-0.25, -0.2) is 0 Å². The van der Waals surface area contributed by atoms with Gasteiger partial charge in [-0.05, 0) is 0 Å². The molecular formula is C46H54Cl2Zr. The van der Waals surface area contributed by atoms with Crippen LogP contribution in [0.4, 0.5) is 0 Å². The van der Waals surface area contributed by atoms with Crippen LogP contribution in [-0.4, -0.2) is 3.21 Å². The van der Waals surface area contributed by atoms with E-state index in [0.29, 0.717) is 9.54 Å². The van der Waals surface area contributed by atoms with Gasteiger partial charge in [-0.15, -0.1) is 0 Å². The standard InChI is InChI=1S/C21H25.C15H14.C10H15.2ClH.Zr/c1-20(2,3)16-9-7-14-11-15-8-10-17(21(4,5)6)13-19(15)18(14)12-16;1-12-3-7-14(8-4-12)11-15-9-5-13(2)6-10-15;1-8-5-6-9(7-8)10(2,3)4;;;/h7-13H,1-6H3;3-10H,1-2H3;6-8H,1-4H3;2*1H;/q;;;;;+2/p-2. The van der Waals surface area contributed by atoms with E-state index in [0.717, 1.165) is 0 Å². The summed E-state index contributed by atoms with van der Waals surface area (Å²) in [5.74, 6) is 0.430. The fourth-order valence-corrected chi connectivity index (χ4v) is 16.9. The number of hydrogen-bond acceptors (Lipinski definition) is 0. The number of halogens is 2. The molecule has 0 heterocycles. The van der Waals surface area contributed by atoms with Crippen molar-refractivity contribution >= 4 is 3.21 Å². The van der Waals surface area contributed by atoms with Crippen LogP contribution in [0.1, 0.15) is 117 Å². The molecule has 256 valence electrons. The van der Waals surface area contributed by atoms with E-state index in [9.17, 15) is 0 Å². The SMILES string of the molecule is Cc1ccc([C](c2ccc(C)cc2)=[Zr+2]([C]2=CC(C(C)(C)C)=CC2C)[CH]2c3ccc(C(C)(C)C)cc3-c3cc(C(C)(C)C)ccc32)cc1.[Cl-].[Cl-]. The van der Waals surface area contributed by atoms with E-state index >= 15 is 0 Å². The van der Waals surface area contributed by atoms with Gasteiger partial charge in [-0.1, -0.05) is 0 Å². The third kappa shape index (κ3) is 7.81. The Kier molecular flexibility index (Phi) is 11.6. The van der Waals surface area contributed by atoms with Crippen molar-refractivity contribution in [2.45, 2.75) is 97.5 Å². The second-order valence-electron chi connectivity index (χ2n) is 17.3. The van der Waals surface area contributed by atoms with Crippen LogP contribution in [0.25, 0.3) is 11.1 Å². The van der Waals surface area contributed by atoms with E-state index in [-0.39, 0.29) is 41.1 Å². The fraction of sp³-hybridized carbons (Fsp3) is 0.370. The third-order valence-electron chi connectivity index (χ3n) is 10.4. The summed E-state index contributed by atoms with van der Waals surface area (Å²) in [7, 11) is 0. The first-order valence-electron chi connectivity index (χ1n) is 17.6. The molecule has 0 aromatic heterocycles. The Bertz CT molecular complexity index is 1820. The molecule has 1 unspecified atom stereocenters. The number of hydrogen-bond donors (Lipinski definition) is 0. The zero-order valence-electron chi connectivity index (χ0n) is 31.6. The van der Waals surface area contributed by atoms with Crippen LogP contribution in [-0.2, 0) is 32.1 Å². The Labute approximate surface area is 317 Å². The molecule has 6 rings (SSSR count). The number of fused-ring (bicyclic) bond motifs is 3. The van der Waals surface area contributed by atoms with E-state index < -0.39 is 21.3 Å². The van der Waals surface area contributed by atoms with Crippen LogP contribution >= 0.6 is 0 Å². The van der Waals surface area contributed by atoms with Gasteiger partial charge in [0.2, 0.25) is 0 Å². The Balaban J connectivity index is 0.00000270. The second-order valence-corrected chi connectivity index (χ2v) is 23.4. The predicted octanol–water partition coefficient (Wildman–Crippen LogP) is 6.37. The maximum absolute atomic E-state index is 2.86. The fourth-order valence-electron chi connectivity index (χ4n) is 7.36. The average Bonchev–Trinajstić information content (AvgIpc) is 3.54. The molecule has 0 radical (unpaired) electrons. The zero-order chi connectivity index (χ0) is 34.1. The summed E-state index contributed by atoms with van der Waals surface area (Å²) in [5.41, 5.74) is 16.1. The predicted molar refractivity (Wildman–Crippen MR) is 201 cm³/mol. The molecule has 2 aliphatic rings. The topological polar surface area (TPSA) is 0 Å². The average molecular weight is 769 g/mol. The molecular weight excluding hydrogens is 715 g/mol. The first-order valence-corrected chi connectivity index (χ1v) is 21.4. The van der Waals surface area contributed by atoms with Crippen molar-refractivity contribution in [1.29, 1.82) is 0 Å². The van der Waals surface area contributed by atoms with Crippen molar-refractivity contribution < 1.29 is 46.1 Å². The van der Waals surface area contributed by atoms with Gasteiger partial charge >= 0.3 is 295 Å². The molecule has 0 aliphatic heterocycles. The van der Waals surface area contributed by atoms with Gasteiger partial charge in [-0.3, -0.25) is 0 Å². The molecule has 2 aliphatic carbocycles. The van der Waals surface area contributed by atoms with E-state index in [1.54, 1.807) is 17.6 Å². The number of aryl methyl sites for hydroxylation is 2. The molecule has 0 N–H and O–H groups in total. The molecule has 49 heavy (non-hydrogen) atoms. The van der Waals surface area contributed by atoms with Crippen molar-refractivity contribution in [3.8, 4) is 11.1 Å². The van der Waals surface area contributed by atoms with Crippen LogP contribution in [0.15, 0.2) is 106 Å². The van der Waals surface area contributed by atoms with Crippen molar-refractivity contribution in [3.63, 3.8) is 0 Å². The van der Waals surface area contributed by atoms with Crippen LogP contribution in [0.5, 0.6) is 0 Å². The van der Waals surface area contributed by atoms with E-state index in [1.807, 2.05) is 0 Å². The maximum atomic E-state index is 2.66. The summed E-state index contributed by atoms with van der Waals surface area (Å²) in [6.07, 6.45) is 5.24. The van der Waals surface area contributed by atoms with Gasteiger partial charge in [0.25, 0.3) is 0 Å². The van der Waals surface area contributed by atoms with Gasteiger partial charge in [-0.2, -0.15) is 0 Å². The largest absolute Gasteiger partial charge is 1.00 e. The molecule has 0 bridgehead atoms. The van der Waals surface area contributed by atoms with E-state index in [2.05, 4.69) is 180 Å². The quantitative estimate of drug-likeness (QED) is 0.227. The summed E-state index contributed by atoms with van der Waals surface area (Å²) in [6.45, 7) is 28.1. The molecule has 0 saturated carbocycles. The van der Waals surface area contributed by atoms with Gasteiger partial charge in [0, 0.05) is 0 Å². The minimum Gasteiger partial charge on any atom is -1.00 e. The maximum Gasteiger partial charge on any atom is -1.00 e. The van der Waals surface area contributed by atoms with Gasteiger partial charge in [0.15, 0.2) is 0 Å². The molecule has 0 amide bonds. The minimum absolute atomic E-state index is 0. The molecule has 1 atom stereocenters. The Morgan fingerprint density at radius 1 is 0.551 bits per heavy atom. The second kappa shape index (κ2) is 14.4. The van der Waals surface area contributed by atoms with Crippen LogP contribution in [0.3, 0.4) is 0 Å². The van der Waals surface area contributed by atoms with Gasteiger partial charge in [0.05, 0.1) is 0 Å². The Morgan fingerprint density at radius 3 is 1.31 bits per heavy atom. The van der Waals surface area contributed by atoms with E-state index in [1.165, 1.54) is 50.1 Å². The smallest absolute Gasteiger partial charge is 1.00 e. The summed E-state index contributed by atoms with van der Waals surface area (Å²) >= 11 is -2.86. The first kappa shape index (κ1) is 39.5. The van der Waals surface area contributed by atoms with E-state index in [4.69, 9.17) is 0 Å². The number of benzene rings is 4. The van der Waals surface area contributed by atoms with Crippen molar-refractivity contribution in [2.24, 2.45) is 11.3 Å². The normalized spacial score (nSPS) is 15.6. The van der Waals surface area contributed by atoms with Crippen molar-refractivity contribution in [2.75, 3.05) is 0 Å². The Hall–Kier alpha value is -2.31. The molecule has 0 fully saturated rings. The molecule has 4 aromatic carbocycles. The minimum atomic E-state index is -2.86. The zero-order valence-corrected chi connectivity index (χ0v) is 35.6. The Morgan fingerprint density at radius 2 is 0.959 bits per heavy atom. The molecule has 0 nitrogen and oxygen atoms in total. The summed E-state index contributed by atoms with van der Waals surface area (Å²) in [6, 6.07) is 33.9. The van der Waals surface area contributed by atoms with Crippen molar-refractivity contribution in [1.82, 2.24) is 0 Å². The molecule has 4 aromatic rings. The molecule has 3 heteroatoms.